The van der Waals surface area contributed by atoms with Gasteiger partial charge in [0.15, 0.2) is 5.65 Å². The zero-order valence-corrected chi connectivity index (χ0v) is 15.8. The van der Waals surface area contributed by atoms with Crippen molar-refractivity contribution in [2.75, 3.05) is 13.1 Å². The second kappa shape index (κ2) is 7.12. The van der Waals surface area contributed by atoms with Crippen LogP contribution in [0.15, 0.2) is 42.6 Å². The molecule has 1 fully saturated rings. The predicted octanol–water partition coefficient (Wildman–Crippen LogP) is 3.24. The number of amides is 1. The molecule has 0 spiro atoms. The Morgan fingerprint density at radius 3 is 2.78 bits per heavy atom. The molecule has 1 aliphatic rings. The van der Waals surface area contributed by atoms with E-state index in [0.717, 1.165) is 41.7 Å². The van der Waals surface area contributed by atoms with Crippen LogP contribution in [-0.2, 0) is 0 Å². The molecule has 1 unspecified atom stereocenters. The first-order valence-corrected chi connectivity index (χ1v) is 9.55. The van der Waals surface area contributed by atoms with Crippen LogP contribution in [0.25, 0.3) is 22.3 Å². The van der Waals surface area contributed by atoms with Crippen LogP contribution in [0.3, 0.4) is 0 Å². The third kappa shape index (κ3) is 3.10. The second-order valence-corrected chi connectivity index (χ2v) is 7.37. The van der Waals surface area contributed by atoms with E-state index < -0.39 is 0 Å². The number of likely N-dealkylation sites (tertiary alicyclic amines) is 1. The van der Waals surface area contributed by atoms with Crippen LogP contribution < -0.4 is 5.73 Å². The first-order valence-electron chi connectivity index (χ1n) is 9.55. The van der Waals surface area contributed by atoms with E-state index in [9.17, 15) is 4.79 Å². The van der Waals surface area contributed by atoms with Gasteiger partial charge in [0.1, 0.15) is 0 Å². The van der Waals surface area contributed by atoms with Gasteiger partial charge in [-0.2, -0.15) is 5.10 Å². The maximum atomic E-state index is 13.4. The first kappa shape index (κ1) is 17.7. The Morgan fingerprint density at radius 1 is 1.30 bits per heavy atom. The Labute approximate surface area is 159 Å². The van der Waals surface area contributed by atoms with Crippen LogP contribution in [0.1, 0.15) is 43.1 Å². The summed E-state index contributed by atoms with van der Waals surface area (Å²) in [5, 5.41) is 5.30. The van der Waals surface area contributed by atoms with E-state index >= 15 is 0 Å². The van der Waals surface area contributed by atoms with Gasteiger partial charge in [-0.05, 0) is 32.8 Å². The normalized spacial score (nSPS) is 17.2. The zero-order chi connectivity index (χ0) is 19.0. The van der Waals surface area contributed by atoms with Crippen LogP contribution in [0, 0.1) is 0 Å². The van der Waals surface area contributed by atoms with E-state index in [-0.39, 0.29) is 18.0 Å². The van der Waals surface area contributed by atoms with Crippen LogP contribution in [-0.4, -0.2) is 44.7 Å². The molecule has 0 aliphatic carbocycles. The number of hydrogen-bond acceptors (Lipinski definition) is 4. The van der Waals surface area contributed by atoms with Crippen molar-refractivity contribution in [3.8, 4) is 11.3 Å². The van der Waals surface area contributed by atoms with Crippen molar-refractivity contribution in [2.24, 2.45) is 5.73 Å². The average molecular weight is 363 g/mol. The molecule has 2 N–H and O–H groups in total. The lowest BCUT2D eigenvalue weighted by Gasteiger charge is -2.24. The molecule has 1 aliphatic heterocycles. The lowest BCUT2D eigenvalue weighted by atomic mass is 10.1. The lowest BCUT2D eigenvalue weighted by molar-refractivity contribution is 0.0743. The van der Waals surface area contributed by atoms with Crippen molar-refractivity contribution in [3.05, 3.63) is 48.2 Å². The highest BCUT2D eigenvalue weighted by molar-refractivity contribution is 6.06. The Hall–Kier alpha value is -2.73. The fraction of sp³-hybridized carbons (Fsp3) is 0.381. The summed E-state index contributed by atoms with van der Waals surface area (Å²) in [6, 6.07) is 12.1. The number of nitrogens with two attached hydrogens (primary N) is 1. The smallest absolute Gasteiger partial charge is 0.255 e. The van der Waals surface area contributed by atoms with Crippen LogP contribution >= 0.6 is 0 Å². The largest absolute Gasteiger partial charge is 0.334 e. The Bertz CT molecular complexity index is 963. The summed E-state index contributed by atoms with van der Waals surface area (Å²) in [5.74, 6) is 0.0239. The summed E-state index contributed by atoms with van der Waals surface area (Å²) in [6.45, 7) is 5.38. The number of benzene rings is 1. The third-order valence-corrected chi connectivity index (χ3v) is 5.27. The second-order valence-electron chi connectivity index (χ2n) is 7.37. The Kier molecular flexibility index (Phi) is 4.66. The van der Waals surface area contributed by atoms with Gasteiger partial charge in [-0.25, -0.2) is 9.67 Å². The topological polar surface area (TPSA) is 77.0 Å². The summed E-state index contributed by atoms with van der Waals surface area (Å²) in [5.41, 5.74) is 9.08. The van der Waals surface area contributed by atoms with Gasteiger partial charge in [-0.1, -0.05) is 30.3 Å². The van der Waals surface area contributed by atoms with Crippen molar-refractivity contribution in [3.63, 3.8) is 0 Å². The minimum atomic E-state index is 0.0239. The number of hydrogen-bond donors (Lipinski definition) is 1. The summed E-state index contributed by atoms with van der Waals surface area (Å²) >= 11 is 0. The molecule has 0 bridgehead atoms. The van der Waals surface area contributed by atoms with E-state index in [2.05, 4.69) is 18.9 Å². The molecular formula is C21H25N5O. The number of carbonyl (C=O) groups is 1. The Balaban J connectivity index is 1.89. The lowest BCUT2D eigenvalue weighted by Crippen LogP contribution is -2.40. The minimum Gasteiger partial charge on any atom is -0.334 e. The minimum absolute atomic E-state index is 0.0239. The quantitative estimate of drug-likeness (QED) is 0.772. The van der Waals surface area contributed by atoms with Gasteiger partial charge in [0.05, 0.1) is 22.8 Å². The molecule has 3 aromatic rings. The third-order valence-electron chi connectivity index (χ3n) is 5.27. The van der Waals surface area contributed by atoms with E-state index in [1.807, 2.05) is 46.0 Å². The number of pyridine rings is 1. The molecule has 140 valence electrons. The summed E-state index contributed by atoms with van der Waals surface area (Å²) in [4.78, 5) is 20.2. The fourth-order valence-corrected chi connectivity index (χ4v) is 3.83. The molecule has 2 aromatic heterocycles. The van der Waals surface area contributed by atoms with Crippen LogP contribution in [0.4, 0.5) is 0 Å². The maximum Gasteiger partial charge on any atom is 0.255 e. The predicted molar refractivity (Wildman–Crippen MR) is 106 cm³/mol. The highest BCUT2D eigenvalue weighted by Gasteiger charge is 2.30. The highest BCUT2D eigenvalue weighted by Crippen LogP contribution is 2.29. The summed E-state index contributed by atoms with van der Waals surface area (Å²) in [7, 11) is 0. The molecule has 1 amide bonds. The molecule has 1 aromatic carbocycles. The van der Waals surface area contributed by atoms with E-state index in [0.29, 0.717) is 12.1 Å². The monoisotopic (exact) mass is 363 g/mol. The SMILES string of the molecule is CC(C)n1ncc2c(C(=O)N3CCCC3CN)cc(-c3ccccc3)nc21. The van der Waals surface area contributed by atoms with Crippen LogP contribution in [0.5, 0.6) is 0 Å². The standard InChI is InChI=1S/C21H25N5O/c1-14(2)26-20-18(13-23-26)17(21(27)25-10-6-9-16(25)12-22)11-19(24-20)15-7-4-3-5-8-15/h3-5,7-8,11,13-14,16H,6,9-10,12,22H2,1-2H3. The van der Waals surface area contributed by atoms with Gasteiger partial charge in [0.2, 0.25) is 0 Å². The summed E-state index contributed by atoms with van der Waals surface area (Å²) in [6.07, 6.45) is 3.73. The number of fused-ring (bicyclic) bond motifs is 1. The zero-order valence-electron chi connectivity index (χ0n) is 15.8. The van der Waals surface area contributed by atoms with Crippen molar-refractivity contribution in [1.29, 1.82) is 0 Å². The molecule has 0 radical (unpaired) electrons. The van der Waals surface area contributed by atoms with Gasteiger partial charge >= 0.3 is 0 Å². The fourth-order valence-electron chi connectivity index (χ4n) is 3.83. The van der Waals surface area contributed by atoms with Crippen molar-refractivity contribution in [1.82, 2.24) is 19.7 Å². The van der Waals surface area contributed by atoms with Gasteiger partial charge in [-0.15, -0.1) is 0 Å². The van der Waals surface area contributed by atoms with Crippen molar-refractivity contribution >= 4 is 16.9 Å². The van der Waals surface area contributed by atoms with Gasteiger partial charge < -0.3 is 10.6 Å². The number of rotatable bonds is 4. The molecule has 27 heavy (non-hydrogen) atoms. The molecule has 1 atom stereocenters. The Morgan fingerprint density at radius 2 is 2.07 bits per heavy atom. The molecule has 4 rings (SSSR count). The molecular weight excluding hydrogens is 338 g/mol. The number of nitrogens with zero attached hydrogens (tertiary/aromatic N) is 4. The molecule has 6 heteroatoms. The molecule has 1 saturated heterocycles. The van der Waals surface area contributed by atoms with Crippen molar-refractivity contribution in [2.45, 2.75) is 38.8 Å². The number of carbonyl (C=O) groups excluding carboxylic acids is 1. The average Bonchev–Trinajstić information content (AvgIpc) is 3.34. The maximum absolute atomic E-state index is 13.4. The van der Waals surface area contributed by atoms with Gasteiger partial charge in [0.25, 0.3) is 5.91 Å². The van der Waals surface area contributed by atoms with E-state index in [1.165, 1.54) is 0 Å². The summed E-state index contributed by atoms with van der Waals surface area (Å²) < 4.78 is 1.88. The van der Waals surface area contributed by atoms with E-state index in [1.54, 1.807) is 6.20 Å². The van der Waals surface area contributed by atoms with Crippen molar-refractivity contribution < 1.29 is 4.79 Å². The molecule has 6 nitrogen and oxygen atoms in total. The number of aromatic nitrogens is 3. The first-order chi connectivity index (χ1) is 13.1. The van der Waals surface area contributed by atoms with Crippen LogP contribution in [0.2, 0.25) is 0 Å². The highest BCUT2D eigenvalue weighted by atomic mass is 16.2. The van der Waals surface area contributed by atoms with E-state index in [4.69, 9.17) is 10.7 Å². The van der Waals surface area contributed by atoms with Gasteiger partial charge in [-0.3, -0.25) is 4.79 Å². The van der Waals surface area contributed by atoms with Gasteiger partial charge in [0, 0.05) is 30.7 Å². The molecule has 0 saturated carbocycles. The molecule has 3 heterocycles.